The van der Waals surface area contributed by atoms with Crippen molar-refractivity contribution in [2.24, 2.45) is 5.92 Å². The van der Waals surface area contributed by atoms with Gasteiger partial charge in [-0.15, -0.1) is 0 Å². The molecular formula is C25H29N5O3. The van der Waals surface area contributed by atoms with Crippen molar-refractivity contribution >= 4 is 11.6 Å². The summed E-state index contributed by atoms with van der Waals surface area (Å²) in [5.74, 6) is 0.255. The van der Waals surface area contributed by atoms with Crippen molar-refractivity contribution in [2.45, 2.75) is 43.8 Å². The molecule has 4 atom stereocenters. The number of imidazole rings is 1. The predicted octanol–water partition coefficient (Wildman–Crippen LogP) is 1.64. The molecule has 6 heterocycles. The van der Waals surface area contributed by atoms with Crippen LogP contribution in [-0.2, 0) is 11.3 Å². The van der Waals surface area contributed by atoms with E-state index >= 15 is 0 Å². The average molecular weight is 448 g/mol. The van der Waals surface area contributed by atoms with E-state index in [0.717, 1.165) is 55.9 Å². The van der Waals surface area contributed by atoms with Crippen molar-refractivity contribution in [2.75, 3.05) is 26.2 Å². The third-order valence-corrected chi connectivity index (χ3v) is 7.65. The molecule has 1 N–H and O–H groups in total. The van der Waals surface area contributed by atoms with Gasteiger partial charge < -0.3 is 14.4 Å². The van der Waals surface area contributed by atoms with Crippen LogP contribution in [-0.4, -0.2) is 67.0 Å². The van der Waals surface area contributed by atoms with E-state index in [1.807, 2.05) is 45.8 Å². The summed E-state index contributed by atoms with van der Waals surface area (Å²) in [6.07, 6.45) is 6.68. The van der Waals surface area contributed by atoms with Crippen LogP contribution in [0, 0.1) is 5.92 Å². The first-order valence-electron chi connectivity index (χ1n) is 11.9. The van der Waals surface area contributed by atoms with Gasteiger partial charge in [-0.25, -0.2) is 4.98 Å². The number of hydrogen-bond acceptors (Lipinski definition) is 5. The molecule has 8 heteroatoms. The Bertz CT molecular complexity index is 1220. The van der Waals surface area contributed by atoms with Crippen molar-refractivity contribution in [3.05, 3.63) is 70.5 Å². The lowest BCUT2D eigenvalue weighted by atomic mass is 9.78. The van der Waals surface area contributed by atoms with Crippen LogP contribution in [0.5, 0.6) is 0 Å². The zero-order chi connectivity index (χ0) is 22.5. The number of carbonyl (C=O) groups excluding carboxylic acids is 1. The van der Waals surface area contributed by atoms with Gasteiger partial charge in [-0.1, -0.05) is 12.1 Å². The molecule has 6 rings (SSSR count). The highest BCUT2D eigenvalue weighted by atomic mass is 16.3. The Balaban J connectivity index is 1.33. The van der Waals surface area contributed by atoms with Crippen LogP contribution < -0.4 is 5.56 Å². The van der Waals surface area contributed by atoms with Crippen LogP contribution in [0.1, 0.15) is 42.6 Å². The SMILES string of the molecule is O=C([C@H]1[C@H]2C[C@H](CN(Cc3cn4ccccc4n3)C2)c2cccc(=O)n21)N1CCC[C@H]1CO. The van der Waals surface area contributed by atoms with E-state index in [1.54, 1.807) is 10.6 Å². The molecule has 3 aliphatic heterocycles. The van der Waals surface area contributed by atoms with Crippen molar-refractivity contribution in [3.8, 4) is 0 Å². The lowest BCUT2D eigenvalue weighted by Gasteiger charge is -2.47. The zero-order valence-corrected chi connectivity index (χ0v) is 18.6. The summed E-state index contributed by atoms with van der Waals surface area (Å²) in [5, 5.41) is 9.80. The quantitative estimate of drug-likeness (QED) is 0.658. The van der Waals surface area contributed by atoms with Gasteiger partial charge in [0.05, 0.1) is 18.3 Å². The van der Waals surface area contributed by atoms with Crippen LogP contribution in [0.4, 0.5) is 0 Å². The number of aliphatic hydroxyl groups is 1. The number of aliphatic hydroxyl groups excluding tert-OH is 1. The normalized spacial score (nSPS) is 27.1. The molecule has 3 aliphatic rings. The lowest BCUT2D eigenvalue weighted by Crippen LogP contribution is -2.54. The van der Waals surface area contributed by atoms with Crippen molar-refractivity contribution in [3.63, 3.8) is 0 Å². The van der Waals surface area contributed by atoms with Crippen LogP contribution in [0.25, 0.3) is 5.65 Å². The number of aromatic nitrogens is 3. The molecule has 2 fully saturated rings. The Kier molecular flexibility index (Phi) is 5.07. The Labute approximate surface area is 192 Å². The van der Waals surface area contributed by atoms with E-state index in [1.165, 1.54) is 0 Å². The van der Waals surface area contributed by atoms with Crippen molar-refractivity contribution in [1.29, 1.82) is 0 Å². The summed E-state index contributed by atoms with van der Waals surface area (Å²) in [7, 11) is 0. The second kappa shape index (κ2) is 8.11. The largest absolute Gasteiger partial charge is 0.394 e. The summed E-state index contributed by atoms with van der Waals surface area (Å²) >= 11 is 0. The number of fused-ring (bicyclic) bond motifs is 5. The average Bonchev–Trinajstić information content (AvgIpc) is 3.45. The molecule has 0 saturated carbocycles. The van der Waals surface area contributed by atoms with Gasteiger partial charge >= 0.3 is 0 Å². The fraction of sp³-hybridized carbons (Fsp3) is 0.480. The van der Waals surface area contributed by atoms with Gasteiger partial charge in [0.15, 0.2) is 0 Å². The number of amides is 1. The number of pyridine rings is 2. The fourth-order valence-electron chi connectivity index (χ4n) is 6.25. The maximum atomic E-state index is 13.8. The van der Waals surface area contributed by atoms with Gasteiger partial charge in [-0.3, -0.25) is 19.1 Å². The highest BCUT2D eigenvalue weighted by Gasteiger charge is 2.46. The summed E-state index contributed by atoms with van der Waals surface area (Å²) in [6.45, 7) is 2.94. The molecule has 0 unspecified atom stereocenters. The molecule has 1 amide bonds. The second-order valence-electron chi connectivity index (χ2n) is 9.70. The summed E-state index contributed by atoms with van der Waals surface area (Å²) in [6, 6.07) is 10.7. The Morgan fingerprint density at radius 2 is 2.06 bits per heavy atom. The molecule has 8 nitrogen and oxygen atoms in total. The first-order chi connectivity index (χ1) is 16.1. The number of piperidine rings is 1. The monoisotopic (exact) mass is 447 g/mol. The van der Waals surface area contributed by atoms with Crippen LogP contribution in [0.3, 0.4) is 0 Å². The van der Waals surface area contributed by atoms with E-state index in [2.05, 4.69) is 11.1 Å². The molecule has 0 aliphatic carbocycles. The first-order valence-corrected chi connectivity index (χ1v) is 11.9. The molecule has 0 spiro atoms. The molecule has 3 aromatic heterocycles. The van der Waals surface area contributed by atoms with Gasteiger partial charge in [0, 0.05) is 62.2 Å². The van der Waals surface area contributed by atoms with Gasteiger partial charge in [-0.2, -0.15) is 0 Å². The number of rotatable bonds is 4. The molecule has 0 aromatic carbocycles. The standard InChI is InChI=1S/C25H29N5O3/c31-16-20-5-4-10-29(20)25(33)24-18-11-17(21-6-3-8-23(32)30(21)24)12-27(13-18)14-19-15-28-9-2-1-7-22(28)26-19/h1-3,6-9,15,17-18,20,24,31H,4-5,10-14,16H2/t17-,18+,20+,24-/m1/s1. The second-order valence-corrected chi connectivity index (χ2v) is 9.70. The minimum absolute atomic E-state index is 0.0147. The van der Waals surface area contributed by atoms with Crippen molar-refractivity contribution in [1.82, 2.24) is 23.8 Å². The van der Waals surface area contributed by atoms with E-state index in [-0.39, 0.29) is 36.0 Å². The number of likely N-dealkylation sites (tertiary alicyclic amines) is 2. The maximum absolute atomic E-state index is 13.8. The Hall–Kier alpha value is -2.97. The molecule has 0 radical (unpaired) electrons. The first kappa shape index (κ1) is 20.6. The summed E-state index contributed by atoms with van der Waals surface area (Å²) in [5.41, 5.74) is 2.79. The minimum atomic E-state index is -0.513. The number of nitrogens with zero attached hydrogens (tertiary/aromatic N) is 5. The molecule has 2 bridgehead atoms. The Morgan fingerprint density at radius 1 is 1.15 bits per heavy atom. The number of hydrogen-bond donors (Lipinski definition) is 1. The van der Waals surface area contributed by atoms with Crippen LogP contribution >= 0.6 is 0 Å². The zero-order valence-electron chi connectivity index (χ0n) is 18.6. The highest BCUT2D eigenvalue weighted by Crippen LogP contribution is 2.42. The third kappa shape index (κ3) is 3.48. The Morgan fingerprint density at radius 3 is 2.91 bits per heavy atom. The molecular weight excluding hydrogens is 418 g/mol. The number of carbonyl (C=O) groups is 1. The van der Waals surface area contributed by atoms with Crippen molar-refractivity contribution < 1.29 is 9.90 Å². The van der Waals surface area contributed by atoms with E-state index < -0.39 is 6.04 Å². The van der Waals surface area contributed by atoms with E-state index in [9.17, 15) is 14.7 Å². The van der Waals surface area contributed by atoms with Gasteiger partial charge in [0.2, 0.25) is 5.91 Å². The lowest BCUT2D eigenvalue weighted by molar-refractivity contribution is -0.140. The maximum Gasteiger partial charge on any atom is 0.251 e. The predicted molar refractivity (Wildman–Crippen MR) is 123 cm³/mol. The van der Waals surface area contributed by atoms with E-state index in [0.29, 0.717) is 6.54 Å². The molecule has 2 saturated heterocycles. The topological polar surface area (TPSA) is 83.1 Å². The van der Waals surface area contributed by atoms with E-state index in [4.69, 9.17) is 4.98 Å². The van der Waals surface area contributed by atoms with Crippen LogP contribution in [0.15, 0.2) is 53.6 Å². The van der Waals surface area contributed by atoms with Gasteiger partial charge in [0.25, 0.3) is 5.56 Å². The third-order valence-electron chi connectivity index (χ3n) is 7.65. The van der Waals surface area contributed by atoms with Gasteiger partial charge in [-0.05, 0) is 37.5 Å². The summed E-state index contributed by atoms with van der Waals surface area (Å²) < 4.78 is 3.79. The summed E-state index contributed by atoms with van der Waals surface area (Å²) in [4.78, 5) is 35.7. The molecule has 172 valence electrons. The smallest absolute Gasteiger partial charge is 0.251 e. The fourth-order valence-corrected chi connectivity index (χ4v) is 6.25. The molecule has 33 heavy (non-hydrogen) atoms. The van der Waals surface area contributed by atoms with Gasteiger partial charge in [0.1, 0.15) is 11.7 Å². The van der Waals surface area contributed by atoms with Crippen LogP contribution in [0.2, 0.25) is 0 Å². The molecule has 3 aromatic rings. The minimum Gasteiger partial charge on any atom is -0.394 e. The highest BCUT2D eigenvalue weighted by molar-refractivity contribution is 5.82.